The van der Waals surface area contributed by atoms with Crippen molar-refractivity contribution in [3.63, 3.8) is 0 Å². The highest BCUT2D eigenvalue weighted by Gasteiger charge is 2.28. The van der Waals surface area contributed by atoms with Gasteiger partial charge in [0.05, 0.1) is 12.6 Å². The van der Waals surface area contributed by atoms with Crippen molar-refractivity contribution in [2.75, 3.05) is 6.61 Å². The molecule has 4 heteroatoms. The van der Waals surface area contributed by atoms with Gasteiger partial charge in [-0.25, -0.2) is 9.18 Å². The third-order valence-electron chi connectivity index (χ3n) is 3.36. The average Bonchev–Trinajstić information content (AvgIpc) is 2.47. The van der Waals surface area contributed by atoms with E-state index in [-0.39, 0.29) is 6.61 Å². The van der Waals surface area contributed by atoms with Crippen molar-refractivity contribution in [2.24, 2.45) is 5.73 Å². The van der Waals surface area contributed by atoms with Gasteiger partial charge in [-0.2, -0.15) is 0 Å². The molecule has 2 aromatic carbocycles. The van der Waals surface area contributed by atoms with Gasteiger partial charge in [0.25, 0.3) is 0 Å². The third kappa shape index (κ3) is 2.65. The van der Waals surface area contributed by atoms with Crippen molar-refractivity contribution in [3.8, 4) is 0 Å². The van der Waals surface area contributed by atoms with Crippen LogP contribution in [-0.2, 0) is 9.53 Å². The number of hydrogen-bond donors (Lipinski definition) is 1. The van der Waals surface area contributed by atoms with Crippen molar-refractivity contribution in [1.29, 1.82) is 0 Å². The van der Waals surface area contributed by atoms with Crippen LogP contribution < -0.4 is 5.73 Å². The van der Waals surface area contributed by atoms with Gasteiger partial charge in [-0.05, 0) is 35.7 Å². The number of halogens is 1. The van der Waals surface area contributed by atoms with Gasteiger partial charge in [0.15, 0.2) is 0 Å². The number of alkyl halides is 1. The Morgan fingerprint density at radius 2 is 1.90 bits per heavy atom. The van der Waals surface area contributed by atoms with Crippen molar-refractivity contribution >= 4 is 16.7 Å². The third-order valence-corrected chi connectivity index (χ3v) is 3.36. The molecular formula is C16H18FNO2. The van der Waals surface area contributed by atoms with Crippen LogP contribution in [0.25, 0.3) is 10.8 Å². The molecule has 2 N–H and O–H groups in total. The monoisotopic (exact) mass is 275 g/mol. The largest absolute Gasteiger partial charge is 0.464 e. The Balaban J connectivity index is 2.42. The van der Waals surface area contributed by atoms with E-state index in [1.807, 2.05) is 37.3 Å². The molecular weight excluding hydrogens is 257 g/mol. The van der Waals surface area contributed by atoms with Gasteiger partial charge in [0.1, 0.15) is 0 Å². The van der Waals surface area contributed by atoms with E-state index in [0.29, 0.717) is 5.56 Å². The molecule has 2 rings (SSSR count). The standard InChI is InChI=1S/C16H18FNO2/c1-3-20-16(19)14(17)15(18)13-9-8-10(2)11-6-4-5-7-12(11)13/h4-9,14-15H,3,18H2,1-2H3/t14?,15-/m0/s1. The summed E-state index contributed by atoms with van der Waals surface area (Å²) in [4.78, 5) is 11.5. The lowest BCUT2D eigenvalue weighted by Gasteiger charge is -2.18. The minimum atomic E-state index is -1.86. The Morgan fingerprint density at radius 3 is 2.55 bits per heavy atom. The Labute approximate surface area is 117 Å². The van der Waals surface area contributed by atoms with E-state index < -0.39 is 18.2 Å². The lowest BCUT2D eigenvalue weighted by Crippen LogP contribution is -2.31. The number of hydrogen-bond acceptors (Lipinski definition) is 3. The molecule has 2 atom stereocenters. The number of carbonyl (C=O) groups excluding carboxylic acids is 1. The average molecular weight is 275 g/mol. The van der Waals surface area contributed by atoms with Crippen molar-refractivity contribution in [3.05, 3.63) is 47.5 Å². The zero-order chi connectivity index (χ0) is 14.7. The maximum Gasteiger partial charge on any atom is 0.342 e. The summed E-state index contributed by atoms with van der Waals surface area (Å²) in [5.41, 5.74) is 7.61. The van der Waals surface area contributed by atoms with E-state index in [1.54, 1.807) is 13.0 Å². The SMILES string of the molecule is CCOC(=O)C(F)[C@@H](N)c1ccc(C)c2ccccc12. The van der Waals surface area contributed by atoms with Crippen LogP contribution in [-0.4, -0.2) is 18.7 Å². The molecule has 0 aromatic heterocycles. The first-order chi connectivity index (χ1) is 9.56. The second kappa shape index (κ2) is 6.01. The lowest BCUT2D eigenvalue weighted by molar-refractivity contribution is -0.149. The number of nitrogens with two attached hydrogens (primary N) is 1. The molecule has 0 saturated carbocycles. The van der Waals surface area contributed by atoms with Crippen LogP contribution in [0.4, 0.5) is 4.39 Å². The summed E-state index contributed by atoms with van der Waals surface area (Å²) >= 11 is 0. The van der Waals surface area contributed by atoms with E-state index in [2.05, 4.69) is 4.74 Å². The topological polar surface area (TPSA) is 52.3 Å². The van der Waals surface area contributed by atoms with E-state index in [1.165, 1.54) is 0 Å². The number of ether oxygens (including phenoxy) is 1. The quantitative estimate of drug-likeness (QED) is 0.872. The molecule has 0 aliphatic rings. The fourth-order valence-corrected chi connectivity index (χ4v) is 2.29. The van der Waals surface area contributed by atoms with Gasteiger partial charge in [-0.1, -0.05) is 36.4 Å². The van der Waals surface area contributed by atoms with Gasteiger partial charge < -0.3 is 10.5 Å². The van der Waals surface area contributed by atoms with E-state index in [9.17, 15) is 9.18 Å². The molecule has 106 valence electrons. The Kier molecular flexibility index (Phi) is 4.35. The second-order valence-electron chi connectivity index (χ2n) is 4.70. The number of aryl methyl sites for hydroxylation is 1. The van der Waals surface area contributed by atoms with Crippen LogP contribution in [0.15, 0.2) is 36.4 Å². The minimum absolute atomic E-state index is 0.140. The van der Waals surface area contributed by atoms with Crippen molar-refractivity contribution < 1.29 is 13.9 Å². The van der Waals surface area contributed by atoms with Gasteiger partial charge in [0.2, 0.25) is 6.17 Å². The molecule has 0 aliphatic carbocycles. The first-order valence-electron chi connectivity index (χ1n) is 6.60. The molecule has 0 saturated heterocycles. The van der Waals surface area contributed by atoms with E-state index >= 15 is 0 Å². The number of rotatable bonds is 4. The molecule has 0 amide bonds. The van der Waals surface area contributed by atoms with Gasteiger partial charge in [0, 0.05) is 0 Å². The summed E-state index contributed by atoms with van der Waals surface area (Å²) in [6, 6.07) is 10.3. The zero-order valence-corrected chi connectivity index (χ0v) is 11.6. The Morgan fingerprint density at radius 1 is 1.25 bits per heavy atom. The molecule has 0 aliphatic heterocycles. The normalized spacial score (nSPS) is 14.0. The summed E-state index contributed by atoms with van der Waals surface area (Å²) in [5, 5.41) is 1.88. The van der Waals surface area contributed by atoms with Crippen LogP contribution in [0.1, 0.15) is 24.1 Å². The van der Waals surface area contributed by atoms with Crippen LogP contribution in [0.5, 0.6) is 0 Å². The smallest absolute Gasteiger partial charge is 0.342 e. The van der Waals surface area contributed by atoms with Gasteiger partial charge in [-0.15, -0.1) is 0 Å². The van der Waals surface area contributed by atoms with E-state index in [0.717, 1.165) is 16.3 Å². The van der Waals surface area contributed by atoms with Crippen molar-refractivity contribution in [1.82, 2.24) is 0 Å². The molecule has 0 radical (unpaired) electrons. The number of benzene rings is 2. The summed E-state index contributed by atoms with van der Waals surface area (Å²) < 4.78 is 18.8. The first-order valence-corrected chi connectivity index (χ1v) is 6.60. The minimum Gasteiger partial charge on any atom is -0.464 e. The van der Waals surface area contributed by atoms with Gasteiger partial charge >= 0.3 is 5.97 Å². The number of esters is 1. The maximum absolute atomic E-state index is 14.1. The fourth-order valence-electron chi connectivity index (χ4n) is 2.29. The Bertz CT molecular complexity index is 627. The highest BCUT2D eigenvalue weighted by atomic mass is 19.1. The van der Waals surface area contributed by atoms with Crippen LogP contribution in [0.2, 0.25) is 0 Å². The lowest BCUT2D eigenvalue weighted by atomic mass is 9.94. The molecule has 0 spiro atoms. The summed E-state index contributed by atoms with van der Waals surface area (Å²) in [5.74, 6) is -0.912. The molecule has 20 heavy (non-hydrogen) atoms. The predicted octanol–water partition coefficient (Wildman–Crippen LogP) is 3.05. The highest BCUT2D eigenvalue weighted by Crippen LogP contribution is 2.28. The fraction of sp³-hybridized carbons (Fsp3) is 0.312. The first kappa shape index (κ1) is 14.5. The maximum atomic E-state index is 14.1. The highest BCUT2D eigenvalue weighted by molar-refractivity contribution is 5.89. The second-order valence-corrected chi connectivity index (χ2v) is 4.70. The summed E-state index contributed by atoms with van der Waals surface area (Å²) in [6.45, 7) is 3.76. The van der Waals surface area contributed by atoms with Crippen LogP contribution in [0, 0.1) is 6.92 Å². The van der Waals surface area contributed by atoms with Gasteiger partial charge in [-0.3, -0.25) is 0 Å². The molecule has 0 heterocycles. The zero-order valence-electron chi connectivity index (χ0n) is 11.6. The molecule has 1 unspecified atom stereocenters. The molecule has 3 nitrogen and oxygen atoms in total. The van der Waals surface area contributed by atoms with Crippen molar-refractivity contribution in [2.45, 2.75) is 26.1 Å². The summed E-state index contributed by atoms with van der Waals surface area (Å²) in [6.07, 6.45) is -1.86. The molecule has 2 aromatic rings. The summed E-state index contributed by atoms with van der Waals surface area (Å²) in [7, 11) is 0. The number of carbonyl (C=O) groups is 1. The predicted molar refractivity (Wildman–Crippen MR) is 77.1 cm³/mol. The Hall–Kier alpha value is -1.94. The van der Waals surface area contributed by atoms with E-state index in [4.69, 9.17) is 5.73 Å². The number of fused-ring (bicyclic) bond motifs is 1. The van der Waals surface area contributed by atoms with Crippen LogP contribution >= 0.6 is 0 Å². The van der Waals surface area contributed by atoms with Crippen LogP contribution in [0.3, 0.4) is 0 Å². The molecule has 0 fully saturated rings. The molecule has 0 bridgehead atoms.